The molecule has 0 amide bonds. The third kappa shape index (κ3) is 4.36. The molecular weight excluding hydrogens is 368 g/mol. The van der Waals surface area contributed by atoms with Crippen LogP contribution >= 0.6 is 22.9 Å². The minimum Gasteiger partial charge on any atom is -0.379 e. The van der Waals surface area contributed by atoms with Crippen LogP contribution in [0.1, 0.15) is 10.9 Å². The lowest BCUT2D eigenvalue weighted by Crippen LogP contribution is -2.43. The SMILES string of the molecule is O=S(=O)(NC[C@H](c1cccs1)N1CCOCC1)c1cccc(Cl)c1. The van der Waals surface area contributed by atoms with Gasteiger partial charge in [-0.2, -0.15) is 0 Å². The van der Waals surface area contributed by atoms with Gasteiger partial charge in [0.1, 0.15) is 0 Å². The Hall–Kier alpha value is -0.960. The molecule has 0 bridgehead atoms. The molecule has 2 heterocycles. The molecule has 1 aliphatic heterocycles. The van der Waals surface area contributed by atoms with Gasteiger partial charge in [-0.1, -0.05) is 23.7 Å². The number of rotatable bonds is 6. The quantitative estimate of drug-likeness (QED) is 0.829. The van der Waals surface area contributed by atoms with Gasteiger partial charge in [-0.3, -0.25) is 4.90 Å². The molecule has 1 atom stereocenters. The monoisotopic (exact) mass is 386 g/mol. The first-order chi connectivity index (χ1) is 11.6. The average molecular weight is 387 g/mol. The number of nitrogens with zero attached hydrogens (tertiary/aromatic N) is 1. The van der Waals surface area contributed by atoms with Gasteiger partial charge in [0.2, 0.25) is 10.0 Å². The fraction of sp³-hybridized carbons (Fsp3) is 0.375. The highest BCUT2D eigenvalue weighted by atomic mass is 35.5. The number of hydrogen-bond acceptors (Lipinski definition) is 5. The Balaban J connectivity index is 1.75. The van der Waals surface area contributed by atoms with Crippen molar-refractivity contribution in [3.63, 3.8) is 0 Å². The van der Waals surface area contributed by atoms with Gasteiger partial charge in [-0.05, 0) is 29.6 Å². The maximum Gasteiger partial charge on any atom is 0.240 e. The Bertz CT molecular complexity index is 759. The van der Waals surface area contributed by atoms with E-state index in [9.17, 15) is 8.42 Å². The number of thiophene rings is 1. The second kappa shape index (κ2) is 7.95. The van der Waals surface area contributed by atoms with Crippen molar-refractivity contribution in [3.05, 3.63) is 51.7 Å². The van der Waals surface area contributed by atoms with Crippen molar-refractivity contribution >= 4 is 33.0 Å². The van der Waals surface area contributed by atoms with Crippen molar-refractivity contribution in [1.29, 1.82) is 0 Å². The van der Waals surface area contributed by atoms with Gasteiger partial charge in [-0.15, -0.1) is 11.3 Å². The van der Waals surface area contributed by atoms with Gasteiger partial charge in [0, 0.05) is 29.5 Å². The van der Waals surface area contributed by atoms with E-state index in [1.165, 1.54) is 6.07 Å². The fourth-order valence-electron chi connectivity index (χ4n) is 2.69. The molecule has 5 nitrogen and oxygen atoms in total. The summed E-state index contributed by atoms with van der Waals surface area (Å²) in [6, 6.07) is 10.3. The summed E-state index contributed by atoms with van der Waals surface area (Å²) in [6.07, 6.45) is 0. The Morgan fingerprint density at radius 1 is 1.25 bits per heavy atom. The number of halogens is 1. The second-order valence-electron chi connectivity index (χ2n) is 5.49. The van der Waals surface area contributed by atoms with Crippen molar-refractivity contribution in [3.8, 4) is 0 Å². The van der Waals surface area contributed by atoms with Gasteiger partial charge < -0.3 is 4.74 Å². The van der Waals surface area contributed by atoms with Crippen molar-refractivity contribution in [2.75, 3.05) is 32.8 Å². The highest BCUT2D eigenvalue weighted by Crippen LogP contribution is 2.26. The third-order valence-electron chi connectivity index (χ3n) is 3.93. The minimum atomic E-state index is -3.60. The van der Waals surface area contributed by atoms with Gasteiger partial charge in [-0.25, -0.2) is 13.1 Å². The topological polar surface area (TPSA) is 58.6 Å². The molecule has 8 heteroatoms. The van der Waals surface area contributed by atoms with Crippen LogP contribution in [0.15, 0.2) is 46.7 Å². The largest absolute Gasteiger partial charge is 0.379 e. The zero-order valence-electron chi connectivity index (χ0n) is 13.0. The lowest BCUT2D eigenvalue weighted by molar-refractivity contribution is 0.0179. The highest BCUT2D eigenvalue weighted by molar-refractivity contribution is 7.89. The van der Waals surface area contributed by atoms with Crippen LogP contribution in [0.3, 0.4) is 0 Å². The molecule has 1 fully saturated rings. The second-order valence-corrected chi connectivity index (χ2v) is 8.67. The smallest absolute Gasteiger partial charge is 0.240 e. The number of ether oxygens (including phenoxy) is 1. The Morgan fingerprint density at radius 3 is 2.71 bits per heavy atom. The van der Waals surface area contributed by atoms with Gasteiger partial charge in [0.15, 0.2) is 0 Å². The van der Waals surface area contributed by atoms with E-state index >= 15 is 0 Å². The molecule has 2 aromatic rings. The van der Waals surface area contributed by atoms with Crippen LogP contribution in [0.5, 0.6) is 0 Å². The minimum absolute atomic E-state index is 0.00265. The molecule has 0 saturated carbocycles. The zero-order valence-corrected chi connectivity index (χ0v) is 15.4. The summed E-state index contributed by atoms with van der Waals surface area (Å²) in [5.41, 5.74) is 0. The van der Waals surface area contributed by atoms with E-state index in [0.717, 1.165) is 18.0 Å². The maximum atomic E-state index is 12.5. The molecule has 1 saturated heterocycles. The van der Waals surface area contributed by atoms with Gasteiger partial charge in [0.05, 0.1) is 24.2 Å². The van der Waals surface area contributed by atoms with E-state index in [1.807, 2.05) is 17.5 Å². The van der Waals surface area contributed by atoms with Gasteiger partial charge >= 0.3 is 0 Å². The summed E-state index contributed by atoms with van der Waals surface area (Å²) in [5, 5.41) is 2.41. The maximum absolute atomic E-state index is 12.5. The molecule has 24 heavy (non-hydrogen) atoms. The predicted octanol–water partition coefficient (Wildman–Crippen LogP) is 2.75. The van der Waals surface area contributed by atoms with E-state index in [2.05, 4.69) is 9.62 Å². The first kappa shape index (κ1) is 17.8. The fourth-order valence-corrected chi connectivity index (χ4v) is 4.89. The predicted molar refractivity (Wildman–Crippen MR) is 96.1 cm³/mol. The molecule has 1 aromatic carbocycles. The van der Waals surface area contributed by atoms with E-state index in [-0.39, 0.29) is 10.9 Å². The van der Waals surface area contributed by atoms with Gasteiger partial charge in [0.25, 0.3) is 0 Å². The molecule has 3 rings (SSSR count). The molecule has 1 aromatic heterocycles. The zero-order chi connectivity index (χ0) is 17.0. The van der Waals surface area contributed by atoms with Crippen LogP contribution in [0, 0.1) is 0 Å². The number of sulfonamides is 1. The standard InChI is InChI=1S/C16H19ClN2O3S2/c17-13-3-1-4-14(11-13)24(20,21)18-12-15(16-5-2-10-23-16)19-6-8-22-9-7-19/h1-5,10-11,15,18H,6-9,12H2/t15-/m1/s1. The lowest BCUT2D eigenvalue weighted by Gasteiger charge is -2.34. The average Bonchev–Trinajstić information content (AvgIpc) is 3.10. The van der Waals surface area contributed by atoms with E-state index < -0.39 is 10.0 Å². The van der Waals surface area contributed by atoms with Crippen LogP contribution in [-0.4, -0.2) is 46.2 Å². The summed E-state index contributed by atoms with van der Waals surface area (Å²) in [4.78, 5) is 3.59. The van der Waals surface area contributed by atoms with Crippen LogP contribution in [0.25, 0.3) is 0 Å². The highest BCUT2D eigenvalue weighted by Gasteiger charge is 2.25. The van der Waals surface area contributed by atoms with E-state index in [0.29, 0.717) is 24.8 Å². The normalized spacial score (nSPS) is 17.7. The van der Waals surface area contributed by atoms with Crippen molar-refractivity contribution in [2.45, 2.75) is 10.9 Å². The summed E-state index contributed by atoms with van der Waals surface area (Å²) < 4.78 is 33.2. The molecule has 0 radical (unpaired) electrons. The third-order valence-corrected chi connectivity index (χ3v) is 6.56. The Morgan fingerprint density at radius 2 is 2.04 bits per heavy atom. The molecule has 1 N–H and O–H groups in total. The first-order valence-corrected chi connectivity index (χ1v) is 10.4. The summed E-state index contributed by atoms with van der Waals surface area (Å²) >= 11 is 7.54. The summed E-state index contributed by atoms with van der Waals surface area (Å²) in [5.74, 6) is 0. The van der Waals surface area contributed by atoms with E-state index in [1.54, 1.807) is 29.5 Å². The molecule has 130 valence electrons. The molecule has 0 unspecified atom stereocenters. The van der Waals surface area contributed by atoms with Crippen molar-refractivity contribution < 1.29 is 13.2 Å². The van der Waals surface area contributed by atoms with Crippen LogP contribution in [0.4, 0.5) is 0 Å². The van der Waals surface area contributed by atoms with Crippen LogP contribution < -0.4 is 4.72 Å². The summed E-state index contributed by atoms with van der Waals surface area (Å²) in [6.45, 7) is 3.24. The number of nitrogens with one attached hydrogen (secondary N) is 1. The van der Waals surface area contributed by atoms with E-state index in [4.69, 9.17) is 16.3 Å². The Kier molecular flexibility index (Phi) is 5.91. The molecule has 0 aliphatic carbocycles. The van der Waals surface area contributed by atoms with Crippen LogP contribution in [-0.2, 0) is 14.8 Å². The van der Waals surface area contributed by atoms with Crippen molar-refractivity contribution in [2.24, 2.45) is 0 Å². The lowest BCUT2D eigenvalue weighted by atomic mass is 10.2. The van der Waals surface area contributed by atoms with Crippen LogP contribution in [0.2, 0.25) is 5.02 Å². The molecule has 1 aliphatic rings. The molecule has 0 spiro atoms. The number of benzene rings is 1. The summed E-state index contributed by atoms with van der Waals surface area (Å²) in [7, 11) is -3.60. The number of hydrogen-bond donors (Lipinski definition) is 1. The first-order valence-electron chi connectivity index (χ1n) is 7.67. The number of morpholine rings is 1. The molecular formula is C16H19ClN2O3S2. The Labute approximate surface area is 151 Å². The van der Waals surface area contributed by atoms with Crippen molar-refractivity contribution in [1.82, 2.24) is 9.62 Å².